The molecule has 4 heteroatoms. The van der Waals surface area contributed by atoms with E-state index in [-0.39, 0.29) is 12.4 Å². The summed E-state index contributed by atoms with van der Waals surface area (Å²) in [4.78, 5) is 0.896. The number of hydrogen-bond donors (Lipinski definition) is 2. The number of phenols is 1. The number of aliphatic hydroxyl groups is 1. The Morgan fingerprint density at radius 3 is 2.93 bits per heavy atom. The number of aliphatic hydroxyl groups excluding tert-OH is 1. The van der Waals surface area contributed by atoms with Gasteiger partial charge in [-0.05, 0) is 34.7 Å². The van der Waals surface area contributed by atoms with Crippen LogP contribution in [0.15, 0.2) is 22.4 Å². The summed E-state index contributed by atoms with van der Waals surface area (Å²) in [7, 11) is 0. The van der Waals surface area contributed by atoms with Crippen molar-refractivity contribution >= 4 is 33.2 Å². The van der Waals surface area contributed by atoms with Gasteiger partial charge in [-0.15, -0.1) is 23.1 Å². The van der Waals surface area contributed by atoms with Crippen molar-refractivity contribution in [2.45, 2.75) is 11.5 Å². The molecule has 1 heterocycles. The molecular formula is C10H10O2S2. The van der Waals surface area contributed by atoms with Gasteiger partial charge in [0.1, 0.15) is 5.75 Å². The molecule has 0 aliphatic carbocycles. The number of thiophene rings is 1. The Bertz CT molecular complexity index is 462. The maximum Gasteiger partial charge on any atom is 0.130 e. The van der Waals surface area contributed by atoms with Gasteiger partial charge in [-0.1, -0.05) is 0 Å². The van der Waals surface area contributed by atoms with Crippen LogP contribution in [0.5, 0.6) is 5.75 Å². The first-order chi connectivity index (χ1) is 6.77. The fourth-order valence-corrected chi connectivity index (χ4v) is 3.33. The molecule has 0 atom stereocenters. The largest absolute Gasteiger partial charge is 0.507 e. The molecule has 0 radical (unpaired) electrons. The minimum absolute atomic E-state index is 0.0323. The number of phenolic OH excluding ortho intramolecular Hbond substituents is 1. The van der Waals surface area contributed by atoms with E-state index in [2.05, 4.69) is 0 Å². The molecule has 0 unspecified atom stereocenters. The Kier molecular flexibility index (Phi) is 2.67. The summed E-state index contributed by atoms with van der Waals surface area (Å²) in [5.74, 6) is 0.261. The third kappa shape index (κ3) is 1.39. The number of benzene rings is 1. The van der Waals surface area contributed by atoms with Gasteiger partial charge < -0.3 is 10.2 Å². The first kappa shape index (κ1) is 9.83. The van der Waals surface area contributed by atoms with Gasteiger partial charge in [0.05, 0.1) is 16.2 Å². The molecule has 0 aliphatic rings. The molecule has 0 spiro atoms. The summed E-state index contributed by atoms with van der Waals surface area (Å²) >= 11 is 3.12. The van der Waals surface area contributed by atoms with Crippen LogP contribution in [-0.2, 0) is 6.61 Å². The Morgan fingerprint density at radius 1 is 1.50 bits per heavy atom. The van der Waals surface area contributed by atoms with Crippen LogP contribution in [0, 0.1) is 0 Å². The van der Waals surface area contributed by atoms with Gasteiger partial charge in [0.2, 0.25) is 0 Å². The second-order valence-electron chi connectivity index (χ2n) is 2.91. The van der Waals surface area contributed by atoms with E-state index in [1.807, 2.05) is 17.7 Å². The predicted molar refractivity (Wildman–Crippen MR) is 61.2 cm³/mol. The fourth-order valence-electron chi connectivity index (χ4n) is 1.49. The molecule has 2 N–H and O–H groups in total. The van der Waals surface area contributed by atoms with Gasteiger partial charge in [0.15, 0.2) is 0 Å². The highest BCUT2D eigenvalue weighted by molar-refractivity contribution is 7.99. The van der Waals surface area contributed by atoms with Gasteiger partial charge in [-0.2, -0.15) is 0 Å². The second-order valence-corrected chi connectivity index (χ2v) is 4.64. The van der Waals surface area contributed by atoms with Crippen molar-refractivity contribution in [1.29, 1.82) is 0 Å². The highest BCUT2D eigenvalue weighted by Gasteiger charge is 2.11. The third-order valence-electron chi connectivity index (χ3n) is 2.14. The average Bonchev–Trinajstić information content (AvgIpc) is 2.65. The van der Waals surface area contributed by atoms with E-state index < -0.39 is 0 Å². The van der Waals surface area contributed by atoms with E-state index in [0.29, 0.717) is 0 Å². The second kappa shape index (κ2) is 3.81. The quantitative estimate of drug-likeness (QED) is 0.774. The van der Waals surface area contributed by atoms with E-state index in [1.54, 1.807) is 17.4 Å². The van der Waals surface area contributed by atoms with Crippen molar-refractivity contribution in [3.05, 3.63) is 23.1 Å². The monoisotopic (exact) mass is 226 g/mol. The Labute approximate surface area is 90.2 Å². The van der Waals surface area contributed by atoms with Crippen molar-refractivity contribution in [2.75, 3.05) is 6.26 Å². The summed E-state index contributed by atoms with van der Waals surface area (Å²) in [6, 6.07) is 3.62. The van der Waals surface area contributed by atoms with E-state index in [1.165, 1.54) is 11.8 Å². The molecule has 0 aliphatic heterocycles. The van der Waals surface area contributed by atoms with Crippen molar-refractivity contribution in [2.24, 2.45) is 0 Å². The van der Waals surface area contributed by atoms with Crippen LogP contribution in [0.1, 0.15) is 5.56 Å². The standard InChI is InChI=1S/C10H10O2S2/c1-13-10-8(12)4-6(5-11)7-2-3-14-9(7)10/h2-4,11-12H,5H2,1H3. The number of aromatic hydroxyl groups is 1. The average molecular weight is 226 g/mol. The molecule has 0 saturated heterocycles. The van der Waals surface area contributed by atoms with Crippen molar-refractivity contribution in [3.63, 3.8) is 0 Å². The molecule has 1 aromatic carbocycles. The smallest absolute Gasteiger partial charge is 0.130 e. The molecule has 2 nitrogen and oxygen atoms in total. The Morgan fingerprint density at radius 2 is 2.29 bits per heavy atom. The maximum atomic E-state index is 9.71. The molecule has 0 bridgehead atoms. The van der Waals surface area contributed by atoms with Gasteiger partial charge in [0, 0.05) is 0 Å². The molecule has 2 rings (SSSR count). The molecule has 0 saturated carbocycles. The van der Waals surface area contributed by atoms with Gasteiger partial charge in [-0.3, -0.25) is 0 Å². The molecule has 74 valence electrons. The topological polar surface area (TPSA) is 40.5 Å². The Hall–Kier alpha value is -0.710. The first-order valence-electron chi connectivity index (χ1n) is 4.14. The summed E-state index contributed by atoms with van der Waals surface area (Å²) < 4.78 is 1.06. The van der Waals surface area contributed by atoms with Gasteiger partial charge in [-0.25, -0.2) is 0 Å². The first-order valence-corrected chi connectivity index (χ1v) is 6.25. The number of rotatable bonds is 2. The zero-order chi connectivity index (χ0) is 10.1. The molecule has 0 amide bonds. The van der Waals surface area contributed by atoms with Crippen LogP contribution in [0.25, 0.3) is 10.1 Å². The van der Waals surface area contributed by atoms with Crippen LogP contribution in [0.2, 0.25) is 0 Å². The van der Waals surface area contributed by atoms with Gasteiger partial charge in [0.25, 0.3) is 0 Å². The minimum Gasteiger partial charge on any atom is -0.507 e. The predicted octanol–water partition coefficient (Wildman–Crippen LogP) is 2.82. The van der Waals surface area contributed by atoms with Crippen LogP contribution >= 0.6 is 23.1 Å². The van der Waals surface area contributed by atoms with E-state index in [4.69, 9.17) is 5.11 Å². The zero-order valence-corrected chi connectivity index (χ0v) is 9.28. The molecular weight excluding hydrogens is 216 g/mol. The summed E-state index contributed by atoms with van der Waals surface area (Å²) in [5.41, 5.74) is 0.788. The minimum atomic E-state index is -0.0323. The lowest BCUT2D eigenvalue weighted by Crippen LogP contribution is -1.85. The molecule has 0 fully saturated rings. The van der Waals surface area contributed by atoms with Crippen LogP contribution in [0.4, 0.5) is 0 Å². The lowest BCUT2D eigenvalue weighted by atomic mass is 10.1. The molecule has 2 aromatic rings. The highest BCUT2D eigenvalue weighted by atomic mass is 32.2. The lowest BCUT2D eigenvalue weighted by molar-refractivity contribution is 0.282. The number of thioether (sulfide) groups is 1. The molecule has 14 heavy (non-hydrogen) atoms. The summed E-state index contributed by atoms with van der Waals surface area (Å²) in [6.45, 7) is -0.0323. The van der Waals surface area contributed by atoms with E-state index >= 15 is 0 Å². The van der Waals surface area contributed by atoms with Crippen molar-refractivity contribution < 1.29 is 10.2 Å². The van der Waals surface area contributed by atoms with Crippen molar-refractivity contribution in [3.8, 4) is 5.75 Å². The Balaban J connectivity index is 2.81. The lowest BCUT2D eigenvalue weighted by Gasteiger charge is -2.06. The normalized spacial score (nSPS) is 11.0. The van der Waals surface area contributed by atoms with E-state index in [0.717, 1.165) is 20.5 Å². The SMILES string of the molecule is CSc1c(O)cc(CO)c2ccsc12. The van der Waals surface area contributed by atoms with Crippen LogP contribution in [0.3, 0.4) is 0 Å². The van der Waals surface area contributed by atoms with E-state index in [9.17, 15) is 5.11 Å². The van der Waals surface area contributed by atoms with Crippen molar-refractivity contribution in [1.82, 2.24) is 0 Å². The fraction of sp³-hybridized carbons (Fsp3) is 0.200. The molecule has 1 aromatic heterocycles. The van der Waals surface area contributed by atoms with Gasteiger partial charge >= 0.3 is 0 Å². The summed E-state index contributed by atoms with van der Waals surface area (Å²) in [6.07, 6.45) is 1.94. The third-order valence-corrected chi connectivity index (χ3v) is 4.02. The van der Waals surface area contributed by atoms with Crippen LogP contribution < -0.4 is 0 Å². The number of fused-ring (bicyclic) bond motifs is 1. The summed E-state index contributed by atoms with van der Waals surface area (Å²) in [5, 5.41) is 21.9. The number of hydrogen-bond acceptors (Lipinski definition) is 4. The van der Waals surface area contributed by atoms with Crippen LogP contribution in [-0.4, -0.2) is 16.5 Å². The highest BCUT2D eigenvalue weighted by Crippen LogP contribution is 2.39. The zero-order valence-electron chi connectivity index (χ0n) is 7.65. The maximum absolute atomic E-state index is 9.71.